The van der Waals surface area contributed by atoms with Gasteiger partial charge in [-0.1, -0.05) is 43.5 Å². The molecule has 0 aliphatic heterocycles. The second-order valence-corrected chi connectivity index (χ2v) is 10.1. The van der Waals surface area contributed by atoms with Gasteiger partial charge in [0.15, 0.2) is 5.96 Å². The standard InChI is InChI=1S/C29H37N3O4.ClH/c30-29(31)32-18-20-6-8-25(9-7-20)28(34)36-26-16-14-23(15-17-26)22-10-12-24(13-11-22)27(33)35-19-21-4-2-1-3-5-21;/h10-17,20-21,25H,1-9,18-19H2,(H4,30,31,32);1H/t20-,25-;. The summed E-state index contributed by atoms with van der Waals surface area (Å²) in [6.45, 7) is 1.19. The van der Waals surface area contributed by atoms with Crippen molar-refractivity contribution in [1.29, 1.82) is 5.41 Å². The van der Waals surface area contributed by atoms with Gasteiger partial charge in [-0.15, -0.1) is 12.4 Å². The Labute approximate surface area is 225 Å². The van der Waals surface area contributed by atoms with Crippen LogP contribution in [0.15, 0.2) is 48.5 Å². The van der Waals surface area contributed by atoms with Crippen LogP contribution in [-0.4, -0.2) is 31.0 Å². The third-order valence-electron chi connectivity index (χ3n) is 7.46. The van der Waals surface area contributed by atoms with E-state index < -0.39 is 0 Å². The average molecular weight is 528 g/mol. The first-order valence-electron chi connectivity index (χ1n) is 13.1. The summed E-state index contributed by atoms with van der Waals surface area (Å²) in [7, 11) is 0. The minimum absolute atomic E-state index is 0. The van der Waals surface area contributed by atoms with Gasteiger partial charge in [0, 0.05) is 6.54 Å². The number of rotatable bonds is 8. The number of hydrogen-bond acceptors (Lipinski definition) is 5. The molecule has 0 aromatic heterocycles. The first-order chi connectivity index (χ1) is 17.5. The minimum atomic E-state index is -0.265. The highest BCUT2D eigenvalue weighted by molar-refractivity contribution is 5.90. The third-order valence-corrected chi connectivity index (χ3v) is 7.46. The Bertz CT molecular complexity index is 1030. The van der Waals surface area contributed by atoms with Gasteiger partial charge < -0.3 is 20.5 Å². The van der Waals surface area contributed by atoms with Crippen molar-refractivity contribution < 1.29 is 19.1 Å². The molecule has 2 aromatic carbocycles. The maximum Gasteiger partial charge on any atom is 0.338 e. The quantitative estimate of drug-likeness (QED) is 0.175. The van der Waals surface area contributed by atoms with Crippen LogP contribution in [-0.2, 0) is 9.53 Å². The Morgan fingerprint density at radius 2 is 1.43 bits per heavy atom. The zero-order chi connectivity index (χ0) is 25.3. The predicted molar refractivity (Wildman–Crippen MR) is 147 cm³/mol. The highest BCUT2D eigenvalue weighted by Crippen LogP contribution is 2.30. The van der Waals surface area contributed by atoms with Crippen molar-refractivity contribution in [2.75, 3.05) is 13.2 Å². The van der Waals surface area contributed by atoms with E-state index in [-0.39, 0.29) is 36.2 Å². The van der Waals surface area contributed by atoms with Gasteiger partial charge in [-0.05, 0) is 85.8 Å². The van der Waals surface area contributed by atoms with Crippen LogP contribution in [0.1, 0.15) is 68.1 Å². The molecule has 2 aromatic rings. The van der Waals surface area contributed by atoms with Gasteiger partial charge in [0.2, 0.25) is 0 Å². The second-order valence-electron chi connectivity index (χ2n) is 10.1. The first-order valence-corrected chi connectivity index (χ1v) is 13.1. The molecule has 0 radical (unpaired) electrons. The lowest BCUT2D eigenvalue weighted by atomic mass is 9.82. The molecule has 2 aliphatic rings. The number of hydrogen-bond donors (Lipinski definition) is 3. The maximum atomic E-state index is 12.6. The van der Waals surface area contributed by atoms with Gasteiger partial charge in [0.05, 0.1) is 18.1 Å². The molecule has 0 amide bonds. The van der Waals surface area contributed by atoms with Crippen molar-refractivity contribution in [2.24, 2.45) is 23.5 Å². The number of carbonyl (C=O) groups is 2. The highest BCUT2D eigenvalue weighted by Gasteiger charge is 2.27. The summed E-state index contributed by atoms with van der Waals surface area (Å²) in [5.41, 5.74) is 7.88. The van der Waals surface area contributed by atoms with Crippen molar-refractivity contribution in [3.63, 3.8) is 0 Å². The molecule has 2 fully saturated rings. The molecule has 8 heteroatoms. The molecule has 0 atom stereocenters. The predicted octanol–water partition coefficient (Wildman–Crippen LogP) is 5.71. The van der Waals surface area contributed by atoms with Crippen molar-refractivity contribution >= 4 is 30.3 Å². The molecular weight excluding hydrogens is 490 g/mol. The fourth-order valence-corrected chi connectivity index (χ4v) is 5.20. The molecule has 0 bridgehead atoms. The van der Waals surface area contributed by atoms with Crippen LogP contribution < -0.4 is 15.8 Å². The fraction of sp³-hybridized carbons (Fsp3) is 0.483. The van der Waals surface area contributed by atoms with E-state index in [0.29, 0.717) is 36.3 Å². The Kier molecular flexibility index (Phi) is 10.8. The number of nitrogens with one attached hydrogen (secondary N) is 2. The third kappa shape index (κ3) is 8.49. The van der Waals surface area contributed by atoms with Crippen LogP contribution in [0.5, 0.6) is 5.75 Å². The SMILES string of the molecule is Cl.N=C(N)NC[C@H]1CC[C@H](C(=O)Oc2ccc(-c3ccc(C(=O)OCC4CCCCC4)cc3)cc2)CC1. The van der Waals surface area contributed by atoms with Crippen LogP contribution in [0.25, 0.3) is 11.1 Å². The maximum absolute atomic E-state index is 12.6. The fourth-order valence-electron chi connectivity index (χ4n) is 5.20. The topological polar surface area (TPSA) is 115 Å². The number of benzene rings is 2. The molecule has 0 spiro atoms. The molecule has 200 valence electrons. The largest absolute Gasteiger partial charge is 0.462 e. The van der Waals surface area contributed by atoms with E-state index in [0.717, 1.165) is 49.7 Å². The van der Waals surface area contributed by atoms with Crippen molar-refractivity contribution in [2.45, 2.75) is 57.8 Å². The minimum Gasteiger partial charge on any atom is -0.462 e. The number of ether oxygens (including phenoxy) is 2. The van der Waals surface area contributed by atoms with Crippen LogP contribution in [0.4, 0.5) is 0 Å². The summed E-state index contributed by atoms with van der Waals surface area (Å²) < 4.78 is 11.2. The lowest BCUT2D eigenvalue weighted by Gasteiger charge is -2.27. The monoisotopic (exact) mass is 527 g/mol. The van der Waals surface area contributed by atoms with Gasteiger partial charge in [-0.25, -0.2) is 4.79 Å². The van der Waals surface area contributed by atoms with Crippen molar-refractivity contribution in [3.8, 4) is 16.9 Å². The summed E-state index contributed by atoms with van der Waals surface area (Å²) in [6, 6.07) is 14.9. The lowest BCUT2D eigenvalue weighted by molar-refractivity contribution is -0.140. The number of guanidine groups is 1. The molecule has 4 rings (SSSR count). The lowest BCUT2D eigenvalue weighted by Crippen LogP contribution is -2.36. The molecule has 0 saturated heterocycles. The van der Waals surface area contributed by atoms with E-state index >= 15 is 0 Å². The highest BCUT2D eigenvalue weighted by atomic mass is 35.5. The normalized spacial score (nSPS) is 19.8. The summed E-state index contributed by atoms with van der Waals surface area (Å²) >= 11 is 0. The number of carbonyl (C=O) groups excluding carboxylic acids is 2. The van der Waals surface area contributed by atoms with E-state index in [4.69, 9.17) is 20.6 Å². The van der Waals surface area contributed by atoms with Gasteiger partial charge in [0.25, 0.3) is 0 Å². The molecule has 37 heavy (non-hydrogen) atoms. The average Bonchev–Trinajstić information content (AvgIpc) is 2.92. The molecule has 2 aliphatic carbocycles. The summed E-state index contributed by atoms with van der Waals surface area (Å²) in [6.07, 6.45) is 9.48. The zero-order valence-corrected chi connectivity index (χ0v) is 22.1. The number of nitrogens with two attached hydrogens (primary N) is 1. The van der Waals surface area contributed by atoms with Crippen LogP contribution in [0, 0.1) is 23.2 Å². The summed E-state index contributed by atoms with van der Waals surface area (Å²) in [4.78, 5) is 25.0. The summed E-state index contributed by atoms with van der Waals surface area (Å²) in [5, 5.41) is 10.1. The molecule has 7 nitrogen and oxygen atoms in total. The molecule has 4 N–H and O–H groups in total. The Hall–Kier alpha value is -3.06. The number of esters is 2. The molecular formula is C29H38ClN3O4. The van der Waals surface area contributed by atoms with Crippen LogP contribution in [0.2, 0.25) is 0 Å². The Morgan fingerprint density at radius 3 is 2.03 bits per heavy atom. The van der Waals surface area contributed by atoms with E-state index in [9.17, 15) is 9.59 Å². The van der Waals surface area contributed by atoms with Crippen LogP contribution in [0.3, 0.4) is 0 Å². The molecule has 0 heterocycles. The molecule has 0 unspecified atom stereocenters. The van der Waals surface area contributed by atoms with Gasteiger partial charge in [-0.2, -0.15) is 0 Å². The van der Waals surface area contributed by atoms with Crippen LogP contribution >= 0.6 is 12.4 Å². The Balaban J connectivity index is 0.00000380. The number of halogens is 1. The van der Waals surface area contributed by atoms with E-state index in [1.165, 1.54) is 19.3 Å². The van der Waals surface area contributed by atoms with Crippen molar-refractivity contribution in [3.05, 3.63) is 54.1 Å². The van der Waals surface area contributed by atoms with Gasteiger partial charge in [0.1, 0.15) is 5.75 Å². The van der Waals surface area contributed by atoms with E-state index in [2.05, 4.69) is 5.32 Å². The summed E-state index contributed by atoms with van der Waals surface area (Å²) in [5.74, 6) is 0.913. The first kappa shape index (κ1) is 28.5. The van der Waals surface area contributed by atoms with E-state index in [1.54, 1.807) is 12.1 Å². The zero-order valence-electron chi connectivity index (χ0n) is 21.2. The van der Waals surface area contributed by atoms with E-state index in [1.807, 2.05) is 36.4 Å². The van der Waals surface area contributed by atoms with Gasteiger partial charge >= 0.3 is 11.9 Å². The smallest absolute Gasteiger partial charge is 0.338 e. The van der Waals surface area contributed by atoms with Gasteiger partial charge in [-0.3, -0.25) is 10.2 Å². The Morgan fingerprint density at radius 1 is 0.838 bits per heavy atom. The van der Waals surface area contributed by atoms with Crippen molar-refractivity contribution in [1.82, 2.24) is 5.32 Å². The second kappa shape index (κ2) is 14.0. The molecule has 2 saturated carbocycles.